The summed E-state index contributed by atoms with van der Waals surface area (Å²) in [5.74, 6) is -0.480. The van der Waals surface area contributed by atoms with E-state index in [4.69, 9.17) is 4.74 Å². The lowest BCUT2D eigenvalue weighted by Crippen LogP contribution is -2.34. The van der Waals surface area contributed by atoms with Gasteiger partial charge >= 0.3 is 0 Å². The van der Waals surface area contributed by atoms with Gasteiger partial charge in [-0.1, -0.05) is 62.4 Å². The summed E-state index contributed by atoms with van der Waals surface area (Å²) in [6, 6.07) is 20.8. The lowest BCUT2D eigenvalue weighted by molar-refractivity contribution is 0.0642. The van der Waals surface area contributed by atoms with E-state index >= 15 is 0 Å². The van der Waals surface area contributed by atoms with Crippen LogP contribution in [0.4, 0.5) is 0 Å². The van der Waals surface area contributed by atoms with Crippen molar-refractivity contribution < 1.29 is 22.7 Å². The number of sulfonamides is 1. The maximum atomic E-state index is 13.8. The number of ether oxygens (including phenoxy) is 1. The lowest BCUT2D eigenvalue weighted by Gasteiger charge is -2.25. The number of rotatable bonds is 9. The van der Waals surface area contributed by atoms with Gasteiger partial charge in [-0.25, -0.2) is 8.42 Å². The van der Waals surface area contributed by atoms with Gasteiger partial charge in [0.05, 0.1) is 24.8 Å². The SMILES string of the molecule is COc1ccc(CN2C(=O)c3ccccc3C2=O)cc1S(=O)(=O)N(Cc1ccccc1)CC(C)C. The minimum atomic E-state index is -3.95. The number of carbonyl (C=O) groups excluding carboxylic acids is 2. The highest BCUT2D eigenvalue weighted by molar-refractivity contribution is 7.89. The zero-order chi connectivity index (χ0) is 25.2. The number of fused-ring (bicyclic) bond motifs is 1. The fourth-order valence-corrected chi connectivity index (χ4v) is 5.96. The summed E-state index contributed by atoms with van der Waals surface area (Å²) in [6.07, 6.45) is 0. The highest BCUT2D eigenvalue weighted by Crippen LogP contribution is 2.31. The van der Waals surface area contributed by atoms with Gasteiger partial charge in [-0.3, -0.25) is 14.5 Å². The third kappa shape index (κ3) is 4.99. The van der Waals surface area contributed by atoms with Gasteiger partial charge in [-0.15, -0.1) is 0 Å². The van der Waals surface area contributed by atoms with Crippen LogP contribution >= 0.6 is 0 Å². The maximum absolute atomic E-state index is 13.8. The molecule has 7 nitrogen and oxygen atoms in total. The van der Waals surface area contributed by atoms with Gasteiger partial charge in [0.1, 0.15) is 10.6 Å². The van der Waals surface area contributed by atoms with Crippen LogP contribution in [0.2, 0.25) is 0 Å². The molecule has 1 aliphatic heterocycles. The Kier molecular flexibility index (Phi) is 7.05. The zero-order valence-electron chi connectivity index (χ0n) is 20.0. The molecule has 0 bridgehead atoms. The largest absolute Gasteiger partial charge is 0.495 e. The van der Waals surface area contributed by atoms with Gasteiger partial charge in [-0.2, -0.15) is 4.31 Å². The Balaban J connectivity index is 1.68. The lowest BCUT2D eigenvalue weighted by atomic mass is 10.1. The second kappa shape index (κ2) is 10.0. The molecule has 1 aliphatic rings. The van der Waals surface area contributed by atoms with E-state index in [9.17, 15) is 18.0 Å². The first kappa shape index (κ1) is 24.6. The first-order valence-electron chi connectivity index (χ1n) is 11.4. The molecular weight excluding hydrogens is 464 g/mol. The molecule has 0 unspecified atom stereocenters. The number of nitrogens with zero attached hydrogens (tertiary/aromatic N) is 2. The van der Waals surface area contributed by atoms with E-state index in [1.807, 2.05) is 44.2 Å². The minimum absolute atomic E-state index is 0.00527. The van der Waals surface area contributed by atoms with Crippen LogP contribution in [-0.2, 0) is 23.1 Å². The maximum Gasteiger partial charge on any atom is 0.261 e. The molecule has 3 aromatic rings. The molecule has 1 heterocycles. The van der Waals surface area contributed by atoms with Gasteiger partial charge in [-0.05, 0) is 41.3 Å². The van der Waals surface area contributed by atoms with Crippen LogP contribution in [0.1, 0.15) is 45.7 Å². The Morgan fingerprint density at radius 3 is 2.03 bits per heavy atom. The molecule has 35 heavy (non-hydrogen) atoms. The summed E-state index contributed by atoms with van der Waals surface area (Å²) in [5.41, 5.74) is 2.09. The first-order chi connectivity index (χ1) is 16.7. The number of carbonyl (C=O) groups is 2. The van der Waals surface area contributed by atoms with E-state index < -0.39 is 21.8 Å². The highest BCUT2D eigenvalue weighted by atomic mass is 32.2. The molecular formula is C27H28N2O5S. The molecule has 0 aliphatic carbocycles. The summed E-state index contributed by atoms with van der Waals surface area (Å²) >= 11 is 0. The van der Waals surface area contributed by atoms with Gasteiger partial charge in [0, 0.05) is 13.1 Å². The first-order valence-corrected chi connectivity index (χ1v) is 12.8. The second-order valence-corrected chi connectivity index (χ2v) is 10.8. The topological polar surface area (TPSA) is 84.0 Å². The third-order valence-corrected chi connectivity index (χ3v) is 7.67. The van der Waals surface area contributed by atoms with Gasteiger partial charge in [0.15, 0.2) is 0 Å². The summed E-state index contributed by atoms with van der Waals surface area (Å²) in [7, 11) is -2.54. The molecule has 2 amide bonds. The Hall–Kier alpha value is -3.49. The van der Waals surface area contributed by atoms with Crippen molar-refractivity contribution >= 4 is 21.8 Å². The fourth-order valence-electron chi connectivity index (χ4n) is 4.17. The summed E-state index contributed by atoms with van der Waals surface area (Å²) in [5, 5.41) is 0. The van der Waals surface area contributed by atoms with Crippen molar-refractivity contribution in [1.82, 2.24) is 9.21 Å². The molecule has 3 aromatic carbocycles. The van der Waals surface area contributed by atoms with Gasteiger partial charge in [0.25, 0.3) is 11.8 Å². The van der Waals surface area contributed by atoms with Crippen molar-refractivity contribution in [3.8, 4) is 5.75 Å². The molecule has 0 aromatic heterocycles. The average molecular weight is 493 g/mol. The van der Waals surface area contributed by atoms with E-state index in [2.05, 4.69) is 0 Å². The zero-order valence-corrected chi connectivity index (χ0v) is 20.8. The van der Waals surface area contributed by atoms with Gasteiger partial charge in [0.2, 0.25) is 10.0 Å². The van der Waals surface area contributed by atoms with Crippen molar-refractivity contribution in [1.29, 1.82) is 0 Å². The van der Waals surface area contributed by atoms with E-state index in [1.165, 1.54) is 17.5 Å². The van der Waals surface area contributed by atoms with Crippen molar-refractivity contribution in [3.05, 3.63) is 95.1 Å². The van der Waals surface area contributed by atoms with E-state index in [0.29, 0.717) is 23.2 Å². The number of methoxy groups -OCH3 is 1. The Morgan fingerprint density at radius 2 is 1.46 bits per heavy atom. The molecule has 8 heteroatoms. The number of benzene rings is 3. The van der Waals surface area contributed by atoms with Crippen molar-refractivity contribution in [2.45, 2.75) is 31.8 Å². The quantitative estimate of drug-likeness (QED) is 0.415. The minimum Gasteiger partial charge on any atom is -0.495 e. The molecule has 0 fully saturated rings. The van der Waals surface area contributed by atoms with Crippen LogP contribution in [0, 0.1) is 5.92 Å². The number of hydrogen-bond donors (Lipinski definition) is 0. The number of amides is 2. The normalized spacial score (nSPS) is 13.6. The fraction of sp³-hybridized carbons (Fsp3) is 0.259. The average Bonchev–Trinajstić information content (AvgIpc) is 3.09. The van der Waals surface area contributed by atoms with Crippen LogP contribution < -0.4 is 4.74 Å². The van der Waals surface area contributed by atoms with E-state index in [-0.39, 0.29) is 29.7 Å². The predicted molar refractivity (Wildman–Crippen MR) is 133 cm³/mol. The van der Waals surface area contributed by atoms with E-state index in [1.54, 1.807) is 36.4 Å². The van der Waals surface area contributed by atoms with Crippen molar-refractivity contribution in [2.75, 3.05) is 13.7 Å². The Morgan fingerprint density at radius 1 is 0.857 bits per heavy atom. The summed E-state index contributed by atoms with van der Waals surface area (Å²) in [4.78, 5) is 26.7. The molecule has 0 radical (unpaired) electrons. The summed E-state index contributed by atoms with van der Waals surface area (Å²) < 4.78 is 34.5. The molecule has 0 atom stereocenters. The molecule has 182 valence electrons. The number of hydrogen-bond acceptors (Lipinski definition) is 5. The van der Waals surface area contributed by atoms with E-state index in [0.717, 1.165) is 10.5 Å². The molecule has 0 spiro atoms. The smallest absolute Gasteiger partial charge is 0.261 e. The van der Waals surface area contributed by atoms with Crippen molar-refractivity contribution in [2.24, 2.45) is 5.92 Å². The monoisotopic (exact) mass is 492 g/mol. The number of imide groups is 1. The van der Waals surface area contributed by atoms with Crippen LogP contribution in [0.15, 0.2) is 77.7 Å². The second-order valence-electron chi connectivity index (χ2n) is 8.90. The third-order valence-electron chi connectivity index (χ3n) is 5.84. The molecule has 4 rings (SSSR count). The van der Waals surface area contributed by atoms with Crippen LogP contribution in [0.5, 0.6) is 5.75 Å². The highest BCUT2D eigenvalue weighted by Gasteiger charge is 2.36. The van der Waals surface area contributed by atoms with Gasteiger partial charge < -0.3 is 4.74 Å². The molecule has 0 saturated heterocycles. The Labute approximate surface area is 206 Å². The van der Waals surface area contributed by atoms with Crippen molar-refractivity contribution in [3.63, 3.8) is 0 Å². The standard InChI is InChI=1S/C27H28N2O5S/c1-19(2)16-28(17-20-9-5-4-6-10-20)35(32,33)25-15-21(13-14-24(25)34-3)18-29-26(30)22-11-7-8-12-23(22)27(29)31/h4-15,19H,16-18H2,1-3H3. The molecule has 0 N–H and O–H groups in total. The van der Waals surface area contributed by atoms with Crippen LogP contribution in [0.25, 0.3) is 0 Å². The van der Waals surface area contributed by atoms with Crippen LogP contribution in [-0.4, -0.2) is 43.1 Å². The Bertz CT molecular complexity index is 1320. The summed E-state index contributed by atoms with van der Waals surface area (Å²) in [6.45, 7) is 4.42. The predicted octanol–water partition coefficient (Wildman–Crippen LogP) is 4.34. The molecule has 0 saturated carbocycles. The van der Waals surface area contributed by atoms with Crippen LogP contribution in [0.3, 0.4) is 0 Å².